The molecule has 3 rings (SSSR count). The molecule has 0 bridgehead atoms. The van der Waals surface area contributed by atoms with Crippen LogP contribution in [0.2, 0.25) is 10.0 Å². The van der Waals surface area contributed by atoms with Crippen LogP contribution in [0.4, 0.5) is 11.4 Å². The molecule has 1 heterocycles. The fourth-order valence-corrected chi connectivity index (χ4v) is 3.51. The van der Waals surface area contributed by atoms with E-state index >= 15 is 0 Å². The molecule has 2 aromatic carbocycles. The van der Waals surface area contributed by atoms with Crippen molar-refractivity contribution >= 4 is 52.5 Å². The smallest absolute Gasteiger partial charge is 0.248 e. The summed E-state index contributed by atoms with van der Waals surface area (Å²) < 4.78 is 1.86. The minimum Gasteiger partial charge on any atom is -0.325 e. The highest BCUT2D eigenvalue weighted by molar-refractivity contribution is 6.31. The van der Waals surface area contributed by atoms with Crippen LogP contribution in [0.3, 0.4) is 0 Å². The van der Waals surface area contributed by atoms with Crippen LogP contribution in [0, 0.1) is 13.8 Å². The van der Waals surface area contributed by atoms with Crippen LogP contribution in [0.25, 0.3) is 6.08 Å². The van der Waals surface area contributed by atoms with Crippen molar-refractivity contribution in [2.75, 3.05) is 10.6 Å². The second-order valence-corrected chi connectivity index (χ2v) is 7.87. The Hall–Kier alpha value is -3.09. The van der Waals surface area contributed by atoms with E-state index in [0.29, 0.717) is 28.0 Å². The van der Waals surface area contributed by atoms with Crippen LogP contribution in [-0.4, -0.2) is 21.6 Å². The standard InChI is InChI=1S/C23H22Cl2N4O2/c1-14-19(15(2)29(28-14)13-17-6-4-5-7-20(17)25)9-11-23(31)27-22-12-18(24)8-10-21(22)26-16(3)30/h4-12H,13H2,1-3H3,(H,26,30)(H,27,31)/b11-9+. The first-order valence-corrected chi connectivity index (χ1v) is 10.3. The summed E-state index contributed by atoms with van der Waals surface area (Å²) in [7, 11) is 0. The monoisotopic (exact) mass is 456 g/mol. The minimum atomic E-state index is -0.355. The van der Waals surface area contributed by atoms with Gasteiger partial charge in [0.1, 0.15) is 0 Å². The third-order valence-electron chi connectivity index (χ3n) is 4.67. The van der Waals surface area contributed by atoms with E-state index < -0.39 is 0 Å². The maximum absolute atomic E-state index is 12.5. The van der Waals surface area contributed by atoms with Gasteiger partial charge in [0.05, 0.1) is 23.6 Å². The molecule has 8 heteroatoms. The third kappa shape index (κ3) is 5.75. The van der Waals surface area contributed by atoms with Gasteiger partial charge in [-0.1, -0.05) is 41.4 Å². The van der Waals surface area contributed by atoms with Gasteiger partial charge in [-0.05, 0) is 49.8 Å². The number of carbonyl (C=O) groups excluding carboxylic acids is 2. The van der Waals surface area contributed by atoms with Crippen molar-refractivity contribution < 1.29 is 9.59 Å². The van der Waals surface area contributed by atoms with Crippen LogP contribution in [0.1, 0.15) is 29.4 Å². The lowest BCUT2D eigenvalue weighted by molar-refractivity contribution is -0.114. The topological polar surface area (TPSA) is 76.0 Å². The number of amides is 2. The number of rotatable bonds is 6. The van der Waals surface area contributed by atoms with Gasteiger partial charge in [0.25, 0.3) is 0 Å². The lowest BCUT2D eigenvalue weighted by Crippen LogP contribution is -2.13. The van der Waals surface area contributed by atoms with Crippen molar-refractivity contribution in [1.82, 2.24) is 9.78 Å². The quantitative estimate of drug-likeness (QED) is 0.483. The van der Waals surface area contributed by atoms with Crippen LogP contribution in [-0.2, 0) is 16.1 Å². The fourth-order valence-electron chi connectivity index (χ4n) is 3.15. The number of hydrogen-bond donors (Lipinski definition) is 2. The summed E-state index contributed by atoms with van der Waals surface area (Å²) >= 11 is 12.3. The molecule has 2 amide bonds. The van der Waals surface area contributed by atoms with Crippen LogP contribution >= 0.6 is 23.2 Å². The number of anilines is 2. The van der Waals surface area contributed by atoms with E-state index in [-0.39, 0.29) is 11.8 Å². The van der Waals surface area contributed by atoms with E-state index in [1.54, 1.807) is 24.3 Å². The molecule has 0 saturated heterocycles. The van der Waals surface area contributed by atoms with E-state index in [1.165, 1.54) is 13.0 Å². The largest absolute Gasteiger partial charge is 0.325 e. The van der Waals surface area contributed by atoms with Gasteiger partial charge in [-0.2, -0.15) is 5.10 Å². The number of halogens is 2. The average molecular weight is 457 g/mol. The predicted molar refractivity (Wildman–Crippen MR) is 126 cm³/mol. The maximum Gasteiger partial charge on any atom is 0.248 e. The van der Waals surface area contributed by atoms with Gasteiger partial charge < -0.3 is 10.6 Å². The predicted octanol–water partition coefficient (Wildman–Crippen LogP) is 5.47. The lowest BCUT2D eigenvalue weighted by Gasteiger charge is -2.10. The summed E-state index contributed by atoms with van der Waals surface area (Å²) in [5.74, 6) is -0.600. The van der Waals surface area contributed by atoms with Gasteiger partial charge in [-0.25, -0.2) is 0 Å². The molecule has 0 aliphatic rings. The Labute approximate surface area is 190 Å². The number of hydrogen-bond acceptors (Lipinski definition) is 3. The Morgan fingerprint density at radius 1 is 1.06 bits per heavy atom. The molecule has 0 radical (unpaired) electrons. The first-order chi connectivity index (χ1) is 14.7. The molecule has 0 atom stereocenters. The minimum absolute atomic E-state index is 0.245. The highest BCUT2D eigenvalue weighted by atomic mass is 35.5. The molecule has 1 aromatic heterocycles. The van der Waals surface area contributed by atoms with Gasteiger partial charge in [-0.3, -0.25) is 14.3 Å². The van der Waals surface area contributed by atoms with Crippen molar-refractivity contribution in [2.45, 2.75) is 27.3 Å². The molecule has 31 heavy (non-hydrogen) atoms. The highest BCUT2D eigenvalue weighted by Gasteiger charge is 2.12. The molecule has 0 aliphatic carbocycles. The molecule has 0 saturated carbocycles. The van der Waals surface area contributed by atoms with E-state index in [4.69, 9.17) is 23.2 Å². The number of benzene rings is 2. The van der Waals surface area contributed by atoms with Gasteiger partial charge in [-0.15, -0.1) is 0 Å². The van der Waals surface area contributed by atoms with E-state index in [2.05, 4.69) is 15.7 Å². The Bertz CT molecular complexity index is 1170. The molecule has 160 valence electrons. The zero-order valence-electron chi connectivity index (χ0n) is 17.4. The van der Waals surface area contributed by atoms with Gasteiger partial charge >= 0.3 is 0 Å². The van der Waals surface area contributed by atoms with Crippen LogP contribution in [0.15, 0.2) is 48.5 Å². The zero-order chi connectivity index (χ0) is 22.5. The number of nitrogens with zero attached hydrogens (tertiary/aromatic N) is 2. The van der Waals surface area contributed by atoms with E-state index in [0.717, 1.165) is 22.5 Å². The zero-order valence-corrected chi connectivity index (χ0v) is 18.9. The Morgan fingerprint density at radius 3 is 2.52 bits per heavy atom. The van der Waals surface area contributed by atoms with Crippen LogP contribution in [0.5, 0.6) is 0 Å². The summed E-state index contributed by atoms with van der Waals surface area (Å²) in [5.41, 5.74) is 4.43. The maximum atomic E-state index is 12.5. The highest BCUT2D eigenvalue weighted by Crippen LogP contribution is 2.26. The molecule has 6 nitrogen and oxygen atoms in total. The van der Waals surface area contributed by atoms with Gasteiger partial charge in [0, 0.05) is 34.3 Å². The molecule has 3 aromatic rings. The summed E-state index contributed by atoms with van der Waals surface area (Å²) in [5, 5.41) is 11.1. The molecular weight excluding hydrogens is 435 g/mol. The second-order valence-electron chi connectivity index (χ2n) is 7.03. The Balaban J connectivity index is 1.77. The van der Waals surface area contributed by atoms with Crippen molar-refractivity contribution in [1.29, 1.82) is 0 Å². The normalized spacial score (nSPS) is 11.0. The van der Waals surface area contributed by atoms with Crippen LogP contribution < -0.4 is 10.6 Å². The van der Waals surface area contributed by atoms with Crippen molar-refractivity contribution in [2.24, 2.45) is 0 Å². The lowest BCUT2D eigenvalue weighted by atomic mass is 10.1. The Morgan fingerprint density at radius 2 is 1.81 bits per heavy atom. The first-order valence-electron chi connectivity index (χ1n) is 9.58. The number of carbonyl (C=O) groups is 2. The van der Waals surface area contributed by atoms with Crippen molar-refractivity contribution in [3.05, 3.63) is 81.1 Å². The molecule has 0 aliphatic heterocycles. The summed E-state index contributed by atoms with van der Waals surface area (Å²) in [6.45, 7) is 5.76. The van der Waals surface area contributed by atoms with Crippen molar-refractivity contribution in [3.8, 4) is 0 Å². The molecular formula is C23H22Cl2N4O2. The SMILES string of the molecule is CC(=O)Nc1ccc(Cl)cc1NC(=O)/C=C/c1c(C)nn(Cc2ccccc2Cl)c1C. The average Bonchev–Trinajstić information content (AvgIpc) is 2.96. The molecule has 2 N–H and O–H groups in total. The van der Waals surface area contributed by atoms with Gasteiger partial charge in [0.15, 0.2) is 0 Å². The van der Waals surface area contributed by atoms with E-state index in [1.807, 2.05) is 42.8 Å². The summed E-state index contributed by atoms with van der Waals surface area (Å²) in [6.07, 6.45) is 3.15. The Kier molecular flexibility index (Phi) is 7.15. The second kappa shape index (κ2) is 9.81. The van der Waals surface area contributed by atoms with Gasteiger partial charge in [0.2, 0.25) is 11.8 Å². The summed E-state index contributed by atoms with van der Waals surface area (Å²) in [4.78, 5) is 23.9. The fraction of sp³-hybridized carbons (Fsp3) is 0.174. The number of nitrogens with one attached hydrogen (secondary N) is 2. The molecule has 0 unspecified atom stereocenters. The number of aryl methyl sites for hydroxylation is 1. The third-order valence-corrected chi connectivity index (χ3v) is 5.27. The number of aromatic nitrogens is 2. The summed E-state index contributed by atoms with van der Waals surface area (Å²) in [6, 6.07) is 12.5. The molecule has 0 spiro atoms. The van der Waals surface area contributed by atoms with E-state index in [9.17, 15) is 9.59 Å². The first kappa shape index (κ1) is 22.6. The molecule has 0 fully saturated rings. The van der Waals surface area contributed by atoms with Crippen molar-refractivity contribution in [3.63, 3.8) is 0 Å².